The number of hydrogen-bond donors (Lipinski definition) is 2. The highest BCUT2D eigenvalue weighted by Gasteiger charge is 2.18. The summed E-state index contributed by atoms with van der Waals surface area (Å²) in [6.45, 7) is 7.57. The average molecular weight is 293 g/mol. The van der Waals surface area contributed by atoms with E-state index in [1.807, 2.05) is 6.92 Å². The molecule has 1 aromatic carbocycles. The molecule has 2 N–H and O–H groups in total. The van der Waals surface area contributed by atoms with Crippen LogP contribution in [-0.2, 0) is 6.54 Å². The highest BCUT2D eigenvalue weighted by atomic mass is 19.1. The van der Waals surface area contributed by atoms with Crippen molar-refractivity contribution in [2.75, 3.05) is 19.6 Å². The lowest BCUT2D eigenvalue weighted by atomic mass is 10.00. The predicted molar refractivity (Wildman–Crippen MR) is 82.9 cm³/mol. The van der Waals surface area contributed by atoms with E-state index in [0.29, 0.717) is 6.54 Å². The van der Waals surface area contributed by atoms with E-state index in [-0.39, 0.29) is 5.75 Å². The number of phenols is 1. The van der Waals surface area contributed by atoms with Crippen LogP contribution in [0.5, 0.6) is 5.75 Å². The first kappa shape index (κ1) is 15.6. The molecule has 0 unspecified atom stereocenters. The van der Waals surface area contributed by atoms with Gasteiger partial charge in [0.1, 0.15) is 0 Å². The monoisotopic (exact) mass is 293 g/mol. The fraction of sp³-hybridized carbons (Fsp3) is 0.562. The predicted octanol–water partition coefficient (Wildman–Crippen LogP) is 2.73. The van der Waals surface area contributed by atoms with Gasteiger partial charge in [0, 0.05) is 19.6 Å². The minimum atomic E-state index is -0.598. The van der Waals surface area contributed by atoms with Crippen molar-refractivity contribution in [3.8, 4) is 5.75 Å². The van der Waals surface area contributed by atoms with Crippen molar-refractivity contribution < 1.29 is 9.50 Å². The summed E-state index contributed by atoms with van der Waals surface area (Å²) in [5.74, 6) is 0.743. The number of benzene rings is 1. The van der Waals surface area contributed by atoms with E-state index in [9.17, 15) is 9.50 Å². The van der Waals surface area contributed by atoms with Crippen molar-refractivity contribution in [3.05, 3.63) is 29.6 Å². The number of likely N-dealkylation sites (tertiary alicyclic amines) is 1. The molecule has 0 radical (unpaired) electrons. The first-order chi connectivity index (χ1) is 10.1. The number of hydrogen-bond acceptors (Lipinski definition) is 2. The Bertz CT molecular complexity index is 496. The maximum absolute atomic E-state index is 13.3. The van der Waals surface area contributed by atoms with Gasteiger partial charge in [0.05, 0.1) is 6.54 Å². The average Bonchev–Trinajstić information content (AvgIpc) is 2.48. The maximum atomic E-state index is 13.3. The fourth-order valence-electron chi connectivity index (χ4n) is 2.46. The molecule has 1 aromatic rings. The molecule has 0 saturated carbocycles. The number of halogens is 1. The summed E-state index contributed by atoms with van der Waals surface area (Å²) in [4.78, 5) is 6.85. The molecule has 1 aliphatic heterocycles. The summed E-state index contributed by atoms with van der Waals surface area (Å²) in [5, 5.41) is 12.5. The van der Waals surface area contributed by atoms with Crippen molar-refractivity contribution in [1.82, 2.24) is 10.2 Å². The van der Waals surface area contributed by atoms with Crippen LogP contribution in [0.1, 0.15) is 32.3 Å². The van der Waals surface area contributed by atoms with Crippen LogP contribution in [0.2, 0.25) is 0 Å². The molecule has 2 rings (SSSR count). The van der Waals surface area contributed by atoms with Crippen LogP contribution >= 0.6 is 0 Å². The van der Waals surface area contributed by atoms with E-state index < -0.39 is 5.82 Å². The van der Waals surface area contributed by atoms with Crippen LogP contribution in [0.15, 0.2) is 23.2 Å². The highest BCUT2D eigenvalue weighted by Crippen LogP contribution is 2.18. The molecular formula is C16H24FN3O. The first-order valence-corrected chi connectivity index (χ1v) is 7.60. The summed E-state index contributed by atoms with van der Waals surface area (Å²) in [5.41, 5.74) is 0.756. The zero-order chi connectivity index (χ0) is 15.2. The number of guanidine groups is 1. The van der Waals surface area contributed by atoms with Gasteiger partial charge in [0.15, 0.2) is 17.5 Å². The quantitative estimate of drug-likeness (QED) is 0.665. The Kier molecular flexibility index (Phi) is 5.42. The molecule has 0 bridgehead atoms. The second kappa shape index (κ2) is 7.29. The van der Waals surface area contributed by atoms with Crippen LogP contribution in [0.4, 0.5) is 4.39 Å². The largest absolute Gasteiger partial charge is 0.505 e. The molecule has 0 amide bonds. The summed E-state index contributed by atoms with van der Waals surface area (Å²) >= 11 is 0. The number of aliphatic imine (C=N–C) groups is 1. The summed E-state index contributed by atoms with van der Waals surface area (Å²) in [7, 11) is 0. The summed E-state index contributed by atoms with van der Waals surface area (Å²) in [6.07, 6.45) is 2.36. The van der Waals surface area contributed by atoms with Crippen molar-refractivity contribution in [2.24, 2.45) is 10.9 Å². The molecule has 0 spiro atoms. The van der Waals surface area contributed by atoms with Crippen molar-refractivity contribution in [3.63, 3.8) is 0 Å². The van der Waals surface area contributed by atoms with Gasteiger partial charge in [0.25, 0.3) is 0 Å². The molecular weight excluding hydrogens is 269 g/mol. The molecule has 1 aliphatic rings. The third-order valence-corrected chi connectivity index (χ3v) is 3.84. The number of phenolic OH excluding ortho intramolecular Hbond substituents is 1. The normalized spacial score (nSPS) is 17.1. The molecule has 5 heteroatoms. The molecule has 0 aliphatic carbocycles. The number of aromatic hydroxyl groups is 1. The minimum absolute atomic E-state index is 0.320. The maximum Gasteiger partial charge on any atom is 0.194 e. The van der Waals surface area contributed by atoms with Gasteiger partial charge in [-0.3, -0.25) is 0 Å². The van der Waals surface area contributed by atoms with Crippen molar-refractivity contribution >= 4 is 5.96 Å². The lowest BCUT2D eigenvalue weighted by molar-refractivity contribution is 0.273. The second-order valence-electron chi connectivity index (χ2n) is 5.63. The third kappa shape index (κ3) is 4.34. The number of piperidine rings is 1. The SMILES string of the molecule is CCNC(=NCc1ccc(O)c(F)c1)N1CCC(C)CC1. The molecule has 116 valence electrons. The van der Waals surface area contributed by atoms with Crippen LogP contribution in [0, 0.1) is 11.7 Å². The lowest BCUT2D eigenvalue weighted by Crippen LogP contribution is -2.45. The Labute approximate surface area is 125 Å². The van der Waals surface area contributed by atoms with Gasteiger partial charge in [0.2, 0.25) is 0 Å². The zero-order valence-corrected chi connectivity index (χ0v) is 12.8. The van der Waals surface area contributed by atoms with Gasteiger partial charge in [-0.2, -0.15) is 0 Å². The van der Waals surface area contributed by atoms with Crippen molar-refractivity contribution in [2.45, 2.75) is 33.2 Å². The van der Waals surface area contributed by atoms with Gasteiger partial charge in [-0.05, 0) is 43.4 Å². The molecule has 1 saturated heterocycles. The molecule has 21 heavy (non-hydrogen) atoms. The number of nitrogens with one attached hydrogen (secondary N) is 1. The van der Waals surface area contributed by atoms with E-state index in [2.05, 4.69) is 22.1 Å². The highest BCUT2D eigenvalue weighted by molar-refractivity contribution is 5.80. The van der Waals surface area contributed by atoms with Crippen LogP contribution in [0.25, 0.3) is 0 Å². The van der Waals surface area contributed by atoms with E-state index in [1.165, 1.54) is 25.0 Å². The van der Waals surface area contributed by atoms with Crippen molar-refractivity contribution in [1.29, 1.82) is 0 Å². The number of nitrogens with zero attached hydrogens (tertiary/aromatic N) is 2. The Morgan fingerprint density at radius 3 is 2.76 bits per heavy atom. The standard InChI is InChI=1S/C16H24FN3O/c1-3-18-16(20-8-6-12(2)7-9-20)19-11-13-4-5-15(21)14(17)10-13/h4-5,10,12,21H,3,6-9,11H2,1-2H3,(H,18,19). The van der Waals surface area contributed by atoms with Gasteiger partial charge in [-0.25, -0.2) is 9.38 Å². The van der Waals surface area contributed by atoms with E-state index in [4.69, 9.17) is 0 Å². The molecule has 0 aromatic heterocycles. The minimum Gasteiger partial charge on any atom is -0.505 e. The van der Waals surface area contributed by atoms with Gasteiger partial charge in [-0.15, -0.1) is 0 Å². The Balaban J connectivity index is 2.04. The number of rotatable bonds is 3. The van der Waals surface area contributed by atoms with Crippen LogP contribution < -0.4 is 5.32 Å². The topological polar surface area (TPSA) is 47.9 Å². The Hall–Kier alpha value is -1.78. The first-order valence-electron chi connectivity index (χ1n) is 7.60. The van der Waals surface area contributed by atoms with Gasteiger partial charge < -0.3 is 15.3 Å². The summed E-state index contributed by atoms with van der Waals surface area (Å²) < 4.78 is 13.3. The van der Waals surface area contributed by atoms with E-state index in [0.717, 1.165) is 37.1 Å². The molecule has 1 heterocycles. The Morgan fingerprint density at radius 1 is 1.43 bits per heavy atom. The molecule has 0 atom stereocenters. The molecule has 1 fully saturated rings. The van der Waals surface area contributed by atoms with Crippen LogP contribution in [0.3, 0.4) is 0 Å². The van der Waals surface area contributed by atoms with Gasteiger partial charge >= 0.3 is 0 Å². The second-order valence-corrected chi connectivity index (χ2v) is 5.63. The Morgan fingerprint density at radius 2 is 2.14 bits per heavy atom. The van der Waals surface area contributed by atoms with Crippen LogP contribution in [-0.4, -0.2) is 35.6 Å². The van der Waals surface area contributed by atoms with Gasteiger partial charge in [-0.1, -0.05) is 13.0 Å². The fourth-order valence-corrected chi connectivity index (χ4v) is 2.46. The third-order valence-electron chi connectivity index (χ3n) is 3.84. The zero-order valence-electron chi connectivity index (χ0n) is 12.8. The van der Waals surface area contributed by atoms with E-state index in [1.54, 1.807) is 6.07 Å². The summed E-state index contributed by atoms with van der Waals surface area (Å²) in [6, 6.07) is 4.40. The molecule has 4 nitrogen and oxygen atoms in total. The smallest absolute Gasteiger partial charge is 0.194 e. The van der Waals surface area contributed by atoms with E-state index >= 15 is 0 Å². The lowest BCUT2D eigenvalue weighted by Gasteiger charge is -2.33.